The highest BCUT2D eigenvalue weighted by Gasteiger charge is 2.36. The summed E-state index contributed by atoms with van der Waals surface area (Å²) in [6.45, 7) is 2.26. The number of aryl methyl sites for hydroxylation is 1. The minimum Gasteiger partial charge on any atom is -0.390 e. The van der Waals surface area contributed by atoms with Gasteiger partial charge < -0.3 is 5.11 Å². The largest absolute Gasteiger partial charge is 0.390 e. The maximum Gasteiger partial charge on any atom is 0.244 e. The van der Waals surface area contributed by atoms with Crippen LogP contribution in [0.15, 0.2) is 27.6 Å². The Morgan fingerprint density at radius 2 is 2.06 bits per heavy atom. The SMILES string of the molecule is Cc1ccc(S(=O)(=O)N2CC(O)C2)c(Br)c1. The van der Waals surface area contributed by atoms with Crippen molar-refractivity contribution < 1.29 is 13.5 Å². The van der Waals surface area contributed by atoms with E-state index in [1.54, 1.807) is 18.2 Å². The predicted molar refractivity (Wildman–Crippen MR) is 63.6 cm³/mol. The third-order valence-electron chi connectivity index (χ3n) is 2.53. The molecule has 1 saturated heterocycles. The lowest BCUT2D eigenvalue weighted by atomic mass is 10.2. The van der Waals surface area contributed by atoms with Gasteiger partial charge >= 0.3 is 0 Å². The first kappa shape index (κ1) is 12.0. The molecule has 0 saturated carbocycles. The number of β-amino-alcohol motifs (C(OH)–C–C–N with tert-alkyl or cyclic N) is 1. The molecule has 2 rings (SSSR count). The van der Waals surface area contributed by atoms with Crippen LogP contribution < -0.4 is 0 Å². The highest BCUT2D eigenvalue weighted by atomic mass is 79.9. The van der Waals surface area contributed by atoms with Crippen LogP contribution in [-0.2, 0) is 10.0 Å². The van der Waals surface area contributed by atoms with Crippen molar-refractivity contribution in [3.8, 4) is 0 Å². The first-order chi connectivity index (χ1) is 7.41. The summed E-state index contributed by atoms with van der Waals surface area (Å²) in [5.74, 6) is 0. The summed E-state index contributed by atoms with van der Waals surface area (Å²) in [5, 5.41) is 9.12. The quantitative estimate of drug-likeness (QED) is 0.891. The van der Waals surface area contributed by atoms with Crippen molar-refractivity contribution in [1.29, 1.82) is 0 Å². The number of hydrogen-bond donors (Lipinski definition) is 1. The molecule has 0 aromatic heterocycles. The van der Waals surface area contributed by atoms with Gasteiger partial charge in [0.1, 0.15) is 0 Å². The molecule has 1 fully saturated rings. The second kappa shape index (κ2) is 4.10. The fraction of sp³-hybridized carbons (Fsp3) is 0.400. The highest BCUT2D eigenvalue weighted by Crippen LogP contribution is 2.28. The molecule has 0 aliphatic carbocycles. The number of rotatable bonds is 2. The minimum atomic E-state index is -3.46. The van der Waals surface area contributed by atoms with Gasteiger partial charge in [-0.05, 0) is 40.5 Å². The van der Waals surface area contributed by atoms with Crippen LogP contribution >= 0.6 is 15.9 Å². The van der Waals surface area contributed by atoms with E-state index in [1.807, 2.05) is 6.92 Å². The van der Waals surface area contributed by atoms with Gasteiger partial charge in [0.25, 0.3) is 0 Å². The summed E-state index contributed by atoms with van der Waals surface area (Å²) in [5.41, 5.74) is 0.995. The van der Waals surface area contributed by atoms with Crippen LogP contribution in [0.5, 0.6) is 0 Å². The van der Waals surface area contributed by atoms with E-state index in [0.717, 1.165) is 5.56 Å². The Morgan fingerprint density at radius 3 is 2.56 bits per heavy atom. The highest BCUT2D eigenvalue weighted by molar-refractivity contribution is 9.10. The number of hydrogen-bond acceptors (Lipinski definition) is 3. The number of aliphatic hydroxyl groups excluding tert-OH is 1. The van der Waals surface area contributed by atoms with Crippen LogP contribution in [0.1, 0.15) is 5.56 Å². The first-order valence-electron chi connectivity index (χ1n) is 4.85. The molecule has 4 nitrogen and oxygen atoms in total. The van der Waals surface area contributed by atoms with Crippen molar-refractivity contribution in [3.63, 3.8) is 0 Å². The number of aliphatic hydroxyl groups is 1. The number of benzene rings is 1. The summed E-state index contributed by atoms with van der Waals surface area (Å²) in [6, 6.07) is 5.11. The van der Waals surface area contributed by atoms with Crippen molar-refractivity contribution in [2.75, 3.05) is 13.1 Å². The third kappa shape index (κ3) is 2.02. The zero-order valence-electron chi connectivity index (χ0n) is 8.72. The molecule has 1 N–H and O–H groups in total. The second-order valence-corrected chi connectivity index (χ2v) is 6.67. The molecule has 1 aliphatic heterocycles. The lowest BCUT2D eigenvalue weighted by Gasteiger charge is -2.34. The zero-order chi connectivity index (χ0) is 11.9. The summed E-state index contributed by atoms with van der Waals surface area (Å²) in [6.07, 6.45) is -0.529. The van der Waals surface area contributed by atoms with Crippen LogP contribution in [0.2, 0.25) is 0 Å². The minimum absolute atomic E-state index is 0.183. The Bertz CT molecular complexity index is 509. The van der Waals surface area contributed by atoms with Crippen molar-refractivity contribution in [2.24, 2.45) is 0 Å². The monoisotopic (exact) mass is 305 g/mol. The number of nitrogens with zero attached hydrogens (tertiary/aromatic N) is 1. The number of sulfonamides is 1. The van der Waals surface area contributed by atoms with Crippen molar-refractivity contribution in [1.82, 2.24) is 4.31 Å². The Labute approximate surface area is 103 Å². The third-order valence-corrected chi connectivity index (χ3v) is 5.34. The van der Waals surface area contributed by atoms with Crippen molar-refractivity contribution >= 4 is 26.0 Å². The van der Waals surface area contributed by atoms with E-state index in [-0.39, 0.29) is 18.0 Å². The van der Waals surface area contributed by atoms with Gasteiger partial charge in [-0.2, -0.15) is 4.31 Å². The molecule has 0 spiro atoms. The molecule has 16 heavy (non-hydrogen) atoms. The summed E-state index contributed by atoms with van der Waals surface area (Å²) >= 11 is 3.25. The van der Waals surface area contributed by atoms with Crippen LogP contribution in [-0.4, -0.2) is 37.0 Å². The standard InChI is InChI=1S/C10H12BrNO3S/c1-7-2-3-10(9(11)4-7)16(14,15)12-5-8(13)6-12/h2-4,8,13H,5-6H2,1H3. The maximum atomic E-state index is 12.1. The zero-order valence-corrected chi connectivity index (χ0v) is 11.1. The number of halogens is 1. The molecular formula is C10H12BrNO3S. The van der Waals surface area contributed by atoms with Crippen LogP contribution in [0, 0.1) is 6.92 Å². The molecule has 88 valence electrons. The molecule has 1 aromatic carbocycles. The Hall–Kier alpha value is -0.430. The Morgan fingerprint density at radius 1 is 1.44 bits per heavy atom. The predicted octanol–water partition coefficient (Wildman–Crippen LogP) is 1.12. The van der Waals surface area contributed by atoms with Gasteiger partial charge in [0.15, 0.2) is 0 Å². The summed E-state index contributed by atoms with van der Waals surface area (Å²) in [7, 11) is -3.46. The normalized spacial score (nSPS) is 18.4. The van der Waals surface area contributed by atoms with E-state index in [1.165, 1.54) is 4.31 Å². The van der Waals surface area contributed by atoms with E-state index >= 15 is 0 Å². The molecule has 0 unspecified atom stereocenters. The lowest BCUT2D eigenvalue weighted by Crippen LogP contribution is -2.53. The van der Waals surface area contributed by atoms with Gasteiger partial charge in [0.2, 0.25) is 10.0 Å². The fourth-order valence-corrected chi connectivity index (χ4v) is 4.23. The van der Waals surface area contributed by atoms with Crippen molar-refractivity contribution in [3.05, 3.63) is 28.2 Å². The first-order valence-corrected chi connectivity index (χ1v) is 7.09. The van der Waals surface area contributed by atoms with Gasteiger partial charge in [-0.3, -0.25) is 0 Å². The Kier molecular flexibility index (Phi) is 3.09. The molecular weight excluding hydrogens is 294 g/mol. The van der Waals surface area contributed by atoms with E-state index in [4.69, 9.17) is 5.11 Å². The molecule has 0 atom stereocenters. The molecule has 0 radical (unpaired) electrons. The topological polar surface area (TPSA) is 57.6 Å². The van der Waals surface area contributed by atoms with Gasteiger partial charge in [-0.25, -0.2) is 8.42 Å². The van der Waals surface area contributed by atoms with Crippen molar-refractivity contribution in [2.45, 2.75) is 17.9 Å². The summed E-state index contributed by atoms with van der Waals surface area (Å²) < 4.78 is 26.0. The van der Waals surface area contributed by atoms with Crippen LogP contribution in [0.4, 0.5) is 0 Å². The molecule has 1 heterocycles. The van der Waals surface area contributed by atoms with E-state index < -0.39 is 16.1 Å². The van der Waals surface area contributed by atoms with Gasteiger partial charge in [-0.15, -0.1) is 0 Å². The van der Waals surface area contributed by atoms with E-state index in [2.05, 4.69) is 15.9 Å². The molecule has 1 aliphatic rings. The second-order valence-electron chi connectivity index (χ2n) is 3.91. The van der Waals surface area contributed by atoms with Gasteiger partial charge in [0, 0.05) is 17.6 Å². The van der Waals surface area contributed by atoms with Crippen LogP contribution in [0.3, 0.4) is 0 Å². The lowest BCUT2D eigenvalue weighted by molar-refractivity contribution is 0.0547. The average Bonchev–Trinajstić information content (AvgIpc) is 2.12. The fourth-order valence-electron chi connectivity index (χ4n) is 1.57. The molecule has 6 heteroatoms. The van der Waals surface area contributed by atoms with Gasteiger partial charge in [0.05, 0.1) is 11.0 Å². The summed E-state index contributed by atoms with van der Waals surface area (Å²) in [4.78, 5) is 0.255. The van der Waals surface area contributed by atoms with E-state index in [0.29, 0.717) is 4.47 Å². The van der Waals surface area contributed by atoms with Gasteiger partial charge in [-0.1, -0.05) is 6.07 Å². The van der Waals surface area contributed by atoms with E-state index in [9.17, 15) is 8.42 Å². The smallest absolute Gasteiger partial charge is 0.244 e. The maximum absolute atomic E-state index is 12.1. The molecule has 0 bridgehead atoms. The Balaban J connectivity index is 2.36. The van der Waals surface area contributed by atoms with Crippen LogP contribution in [0.25, 0.3) is 0 Å². The average molecular weight is 306 g/mol. The molecule has 1 aromatic rings. The molecule has 0 amide bonds.